The zero-order valence-electron chi connectivity index (χ0n) is 15.4. The first kappa shape index (κ1) is 17.9. The molecule has 1 fully saturated rings. The summed E-state index contributed by atoms with van der Waals surface area (Å²) in [6.07, 6.45) is 5.68. The fourth-order valence-corrected chi connectivity index (χ4v) is 4.02. The zero-order valence-corrected chi connectivity index (χ0v) is 16.2. The predicted octanol–water partition coefficient (Wildman–Crippen LogP) is 2.64. The molecule has 0 N–H and O–H groups in total. The third-order valence-corrected chi connectivity index (χ3v) is 5.51. The van der Waals surface area contributed by atoms with E-state index in [9.17, 15) is 4.79 Å². The molecule has 0 spiro atoms. The van der Waals surface area contributed by atoms with Crippen molar-refractivity contribution in [3.05, 3.63) is 54.6 Å². The SMILES string of the molecule is CSCc1nc2ccccc2n1CC(=O)N1CCN(c2ccncc2)CC1. The van der Waals surface area contributed by atoms with Crippen LogP contribution in [-0.4, -0.2) is 57.8 Å². The van der Waals surface area contributed by atoms with Crippen LogP contribution in [0.15, 0.2) is 48.8 Å². The molecule has 27 heavy (non-hydrogen) atoms. The minimum atomic E-state index is 0.162. The number of aromatic nitrogens is 3. The molecule has 0 radical (unpaired) electrons. The summed E-state index contributed by atoms with van der Waals surface area (Å²) in [6, 6.07) is 12.1. The molecule has 4 rings (SSSR count). The van der Waals surface area contributed by atoms with Crippen molar-refractivity contribution >= 4 is 34.4 Å². The van der Waals surface area contributed by atoms with Crippen LogP contribution in [0, 0.1) is 0 Å². The van der Waals surface area contributed by atoms with Gasteiger partial charge in [0.15, 0.2) is 0 Å². The Morgan fingerprint density at radius 2 is 1.81 bits per heavy atom. The van der Waals surface area contributed by atoms with Crippen molar-refractivity contribution in [2.24, 2.45) is 0 Å². The number of carbonyl (C=O) groups is 1. The summed E-state index contributed by atoms with van der Waals surface area (Å²) < 4.78 is 2.07. The van der Waals surface area contributed by atoms with E-state index >= 15 is 0 Å². The number of para-hydroxylation sites is 2. The second-order valence-electron chi connectivity index (χ2n) is 6.61. The van der Waals surface area contributed by atoms with E-state index in [2.05, 4.69) is 20.7 Å². The second kappa shape index (κ2) is 8.00. The predicted molar refractivity (Wildman–Crippen MR) is 110 cm³/mol. The van der Waals surface area contributed by atoms with Gasteiger partial charge in [-0.1, -0.05) is 12.1 Å². The number of hydrogen-bond donors (Lipinski definition) is 0. The maximum absolute atomic E-state index is 13.0. The molecule has 1 aromatic carbocycles. The number of pyridine rings is 1. The van der Waals surface area contributed by atoms with E-state index in [1.807, 2.05) is 53.7 Å². The molecule has 1 aliphatic heterocycles. The molecule has 0 bridgehead atoms. The van der Waals surface area contributed by atoms with Gasteiger partial charge >= 0.3 is 0 Å². The molecule has 0 atom stereocenters. The van der Waals surface area contributed by atoms with Crippen LogP contribution < -0.4 is 4.90 Å². The number of fused-ring (bicyclic) bond motifs is 1. The average molecular weight is 382 g/mol. The van der Waals surface area contributed by atoms with Gasteiger partial charge in [0.2, 0.25) is 5.91 Å². The van der Waals surface area contributed by atoms with E-state index in [1.54, 1.807) is 11.8 Å². The van der Waals surface area contributed by atoms with Crippen molar-refractivity contribution in [3.8, 4) is 0 Å². The number of amides is 1. The number of anilines is 1. The Bertz CT molecular complexity index is 919. The molecule has 0 aliphatic carbocycles. The van der Waals surface area contributed by atoms with E-state index in [0.29, 0.717) is 6.54 Å². The van der Waals surface area contributed by atoms with Gasteiger partial charge in [-0.25, -0.2) is 4.98 Å². The summed E-state index contributed by atoms with van der Waals surface area (Å²) in [4.78, 5) is 26.0. The Labute approximate surface area is 163 Å². The summed E-state index contributed by atoms with van der Waals surface area (Å²) in [5.41, 5.74) is 3.15. The van der Waals surface area contributed by atoms with Crippen LogP contribution in [0.2, 0.25) is 0 Å². The zero-order chi connectivity index (χ0) is 18.6. The highest BCUT2D eigenvalue weighted by Crippen LogP contribution is 2.20. The number of benzene rings is 1. The number of imidazole rings is 1. The molecule has 140 valence electrons. The van der Waals surface area contributed by atoms with Crippen LogP contribution in [-0.2, 0) is 17.1 Å². The summed E-state index contributed by atoms with van der Waals surface area (Å²) in [5.74, 6) is 1.93. The van der Waals surface area contributed by atoms with Crippen molar-refractivity contribution in [3.63, 3.8) is 0 Å². The molecule has 1 amide bonds. The van der Waals surface area contributed by atoms with Crippen molar-refractivity contribution in [2.75, 3.05) is 37.3 Å². The van der Waals surface area contributed by atoms with E-state index < -0.39 is 0 Å². The lowest BCUT2D eigenvalue weighted by molar-refractivity contribution is -0.132. The fourth-order valence-electron chi connectivity index (χ4n) is 3.55. The van der Waals surface area contributed by atoms with Crippen LogP contribution in [0.5, 0.6) is 0 Å². The van der Waals surface area contributed by atoms with E-state index in [1.165, 1.54) is 5.69 Å². The van der Waals surface area contributed by atoms with Crippen molar-refractivity contribution in [1.82, 2.24) is 19.4 Å². The third-order valence-electron chi connectivity index (χ3n) is 4.96. The Hall–Kier alpha value is -2.54. The van der Waals surface area contributed by atoms with Gasteiger partial charge in [0.05, 0.1) is 16.8 Å². The second-order valence-corrected chi connectivity index (χ2v) is 7.48. The minimum Gasteiger partial charge on any atom is -0.368 e. The molecule has 0 unspecified atom stereocenters. The number of nitrogens with zero attached hydrogens (tertiary/aromatic N) is 5. The first-order chi connectivity index (χ1) is 13.3. The van der Waals surface area contributed by atoms with Crippen molar-refractivity contribution in [1.29, 1.82) is 0 Å². The molecule has 3 aromatic rings. The lowest BCUT2D eigenvalue weighted by atomic mass is 10.2. The van der Waals surface area contributed by atoms with Crippen LogP contribution in [0.4, 0.5) is 5.69 Å². The quantitative estimate of drug-likeness (QED) is 0.680. The summed E-state index contributed by atoms with van der Waals surface area (Å²) in [6.45, 7) is 3.53. The maximum Gasteiger partial charge on any atom is 0.242 e. The lowest BCUT2D eigenvalue weighted by Gasteiger charge is -2.36. The van der Waals surface area contributed by atoms with Gasteiger partial charge in [-0.05, 0) is 30.5 Å². The highest BCUT2D eigenvalue weighted by Gasteiger charge is 2.23. The summed E-state index contributed by atoms with van der Waals surface area (Å²) in [5, 5.41) is 0. The molecule has 6 nitrogen and oxygen atoms in total. The number of piperazine rings is 1. The van der Waals surface area contributed by atoms with Gasteiger partial charge in [-0.3, -0.25) is 9.78 Å². The van der Waals surface area contributed by atoms with E-state index in [4.69, 9.17) is 4.98 Å². The largest absolute Gasteiger partial charge is 0.368 e. The smallest absolute Gasteiger partial charge is 0.242 e. The van der Waals surface area contributed by atoms with Gasteiger partial charge in [-0.2, -0.15) is 11.8 Å². The molecular weight excluding hydrogens is 358 g/mol. The van der Waals surface area contributed by atoms with Gasteiger partial charge in [0.1, 0.15) is 12.4 Å². The number of rotatable bonds is 5. The molecule has 3 heterocycles. The van der Waals surface area contributed by atoms with E-state index in [-0.39, 0.29) is 5.91 Å². The van der Waals surface area contributed by atoms with Crippen LogP contribution in [0.1, 0.15) is 5.82 Å². The molecular formula is C20H23N5OS. The monoisotopic (exact) mass is 381 g/mol. The Morgan fingerprint density at radius 3 is 2.56 bits per heavy atom. The van der Waals surface area contributed by atoms with Crippen LogP contribution in [0.25, 0.3) is 11.0 Å². The first-order valence-corrected chi connectivity index (χ1v) is 10.5. The van der Waals surface area contributed by atoms with Crippen molar-refractivity contribution in [2.45, 2.75) is 12.3 Å². The molecule has 7 heteroatoms. The van der Waals surface area contributed by atoms with Crippen molar-refractivity contribution < 1.29 is 4.79 Å². The molecule has 2 aromatic heterocycles. The standard InChI is InChI=1S/C20H23N5OS/c1-27-15-19-22-17-4-2-3-5-18(17)25(19)14-20(26)24-12-10-23(11-13-24)16-6-8-21-9-7-16/h2-9H,10-15H2,1H3. The molecule has 1 saturated heterocycles. The highest BCUT2D eigenvalue weighted by atomic mass is 32.2. The van der Waals surface area contributed by atoms with Crippen LogP contribution >= 0.6 is 11.8 Å². The molecule has 0 saturated carbocycles. The fraction of sp³-hybridized carbons (Fsp3) is 0.350. The minimum absolute atomic E-state index is 0.162. The number of carbonyl (C=O) groups excluding carboxylic acids is 1. The summed E-state index contributed by atoms with van der Waals surface area (Å²) in [7, 11) is 0. The van der Waals surface area contributed by atoms with Crippen LogP contribution in [0.3, 0.4) is 0 Å². The van der Waals surface area contributed by atoms with Gasteiger partial charge in [0, 0.05) is 44.3 Å². The third kappa shape index (κ3) is 3.78. The first-order valence-electron chi connectivity index (χ1n) is 9.12. The number of hydrogen-bond acceptors (Lipinski definition) is 5. The lowest BCUT2D eigenvalue weighted by Crippen LogP contribution is -2.49. The van der Waals surface area contributed by atoms with Gasteiger partial charge < -0.3 is 14.4 Å². The van der Waals surface area contributed by atoms with Gasteiger partial charge in [0.25, 0.3) is 0 Å². The average Bonchev–Trinajstić information content (AvgIpc) is 3.06. The highest BCUT2D eigenvalue weighted by molar-refractivity contribution is 7.97. The van der Waals surface area contributed by atoms with Gasteiger partial charge in [-0.15, -0.1) is 0 Å². The normalized spacial score (nSPS) is 14.7. The Kier molecular flexibility index (Phi) is 5.29. The Balaban J connectivity index is 1.46. The summed E-state index contributed by atoms with van der Waals surface area (Å²) >= 11 is 1.72. The van der Waals surface area contributed by atoms with E-state index in [0.717, 1.165) is 48.8 Å². The topological polar surface area (TPSA) is 54.3 Å². The maximum atomic E-state index is 13.0. The number of thioether (sulfide) groups is 1. The Morgan fingerprint density at radius 1 is 1.07 bits per heavy atom. The molecule has 1 aliphatic rings.